The average molecular weight is 363 g/mol. The van der Waals surface area contributed by atoms with Crippen molar-refractivity contribution in [2.75, 3.05) is 5.32 Å². The summed E-state index contributed by atoms with van der Waals surface area (Å²) in [4.78, 5) is 16.9. The van der Waals surface area contributed by atoms with Gasteiger partial charge in [-0.05, 0) is 50.1 Å². The molecule has 0 aliphatic heterocycles. The number of carbonyl (C=O) groups is 1. The minimum atomic E-state index is -0.449. The second-order valence-electron chi connectivity index (χ2n) is 5.95. The summed E-state index contributed by atoms with van der Waals surface area (Å²) in [5.41, 5.74) is 4.33. The zero-order valence-electron chi connectivity index (χ0n) is 14.7. The van der Waals surface area contributed by atoms with Crippen molar-refractivity contribution in [1.82, 2.24) is 4.98 Å². The van der Waals surface area contributed by atoms with Gasteiger partial charge in [-0.2, -0.15) is 5.26 Å². The molecule has 2 heterocycles. The number of anilines is 1. The van der Waals surface area contributed by atoms with Crippen molar-refractivity contribution in [3.05, 3.63) is 63.9 Å². The fraction of sp³-hybridized carbons (Fsp3) is 0.150. The Hall–Kier alpha value is -3.17. The van der Waals surface area contributed by atoms with Crippen LogP contribution >= 0.6 is 11.3 Å². The van der Waals surface area contributed by atoms with Crippen molar-refractivity contribution in [1.29, 1.82) is 5.26 Å². The van der Waals surface area contributed by atoms with Gasteiger partial charge in [0.05, 0.1) is 12.0 Å². The van der Waals surface area contributed by atoms with Crippen molar-refractivity contribution in [2.45, 2.75) is 20.8 Å². The number of aromatic nitrogens is 1. The Labute approximate surface area is 155 Å². The summed E-state index contributed by atoms with van der Waals surface area (Å²) in [6.07, 6.45) is 3.06. The number of hydrogen-bond donors (Lipinski definition) is 1. The van der Waals surface area contributed by atoms with Crippen molar-refractivity contribution in [3.8, 4) is 16.8 Å². The second kappa shape index (κ2) is 7.38. The van der Waals surface area contributed by atoms with Gasteiger partial charge in [-0.1, -0.05) is 17.7 Å². The molecular weight excluding hydrogens is 346 g/mol. The highest BCUT2D eigenvalue weighted by molar-refractivity contribution is 7.13. The fourth-order valence-corrected chi connectivity index (χ4v) is 3.46. The first-order chi connectivity index (χ1) is 12.5. The van der Waals surface area contributed by atoms with E-state index in [4.69, 9.17) is 4.42 Å². The van der Waals surface area contributed by atoms with Gasteiger partial charge >= 0.3 is 0 Å². The monoisotopic (exact) mass is 363 g/mol. The predicted octanol–water partition coefficient (Wildman–Crippen LogP) is 4.87. The van der Waals surface area contributed by atoms with E-state index >= 15 is 0 Å². The lowest BCUT2D eigenvalue weighted by Gasteiger charge is -2.12. The number of nitrogens with one attached hydrogen (secondary N) is 1. The normalized spacial score (nSPS) is 11.2. The van der Waals surface area contributed by atoms with Crippen LogP contribution in [0.25, 0.3) is 16.8 Å². The summed E-state index contributed by atoms with van der Waals surface area (Å²) in [5.74, 6) is 0.207. The molecule has 0 unspecified atom stereocenters. The van der Waals surface area contributed by atoms with Crippen molar-refractivity contribution >= 4 is 29.0 Å². The van der Waals surface area contributed by atoms with Crippen LogP contribution in [0, 0.1) is 32.1 Å². The largest absolute Gasteiger partial charge is 0.462 e. The first-order valence-electron chi connectivity index (χ1n) is 7.98. The van der Waals surface area contributed by atoms with Gasteiger partial charge in [-0.3, -0.25) is 4.79 Å². The van der Waals surface area contributed by atoms with Crippen LogP contribution in [0.4, 0.5) is 5.69 Å². The van der Waals surface area contributed by atoms with Crippen LogP contribution in [0.3, 0.4) is 0 Å². The lowest BCUT2D eigenvalue weighted by Crippen LogP contribution is -2.15. The highest BCUT2D eigenvalue weighted by Gasteiger charge is 2.14. The van der Waals surface area contributed by atoms with Crippen LogP contribution in [-0.4, -0.2) is 10.9 Å². The summed E-state index contributed by atoms with van der Waals surface area (Å²) >= 11 is 1.39. The van der Waals surface area contributed by atoms with Gasteiger partial charge in [0, 0.05) is 11.1 Å². The van der Waals surface area contributed by atoms with Crippen molar-refractivity contribution in [3.63, 3.8) is 0 Å². The molecule has 0 fully saturated rings. The Bertz CT molecular complexity index is 1000. The number of furan rings is 1. The Balaban J connectivity index is 1.84. The van der Waals surface area contributed by atoms with Crippen LogP contribution in [0.15, 0.2) is 45.9 Å². The number of benzene rings is 1. The maximum absolute atomic E-state index is 12.5. The molecule has 6 heteroatoms. The number of amides is 1. The van der Waals surface area contributed by atoms with E-state index in [-0.39, 0.29) is 5.57 Å². The minimum absolute atomic E-state index is 0.000620. The molecule has 3 aromatic rings. The number of carbonyl (C=O) groups excluding carboxylic acids is 1. The van der Waals surface area contributed by atoms with Gasteiger partial charge in [-0.25, -0.2) is 4.98 Å². The maximum atomic E-state index is 12.5. The smallest absolute Gasteiger partial charge is 0.266 e. The summed E-state index contributed by atoms with van der Waals surface area (Å²) < 4.78 is 5.31. The van der Waals surface area contributed by atoms with Gasteiger partial charge in [0.15, 0.2) is 10.8 Å². The molecule has 130 valence electrons. The Kier molecular flexibility index (Phi) is 5.01. The first-order valence-corrected chi connectivity index (χ1v) is 8.86. The van der Waals surface area contributed by atoms with Gasteiger partial charge in [-0.15, -0.1) is 11.3 Å². The van der Waals surface area contributed by atoms with Crippen molar-refractivity contribution < 1.29 is 9.21 Å². The molecule has 1 N–H and O–H groups in total. The van der Waals surface area contributed by atoms with Gasteiger partial charge in [0.2, 0.25) is 0 Å². The number of thiazole rings is 1. The zero-order valence-corrected chi connectivity index (χ0v) is 15.5. The molecule has 0 bridgehead atoms. The topological polar surface area (TPSA) is 78.9 Å². The van der Waals surface area contributed by atoms with E-state index in [0.29, 0.717) is 16.5 Å². The molecule has 0 aliphatic rings. The van der Waals surface area contributed by atoms with Crippen LogP contribution in [0.5, 0.6) is 0 Å². The molecule has 0 atom stereocenters. The molecule has 26 heavy (non-hydrogen) atoms. The van der Waals surface area contributed by atoms with Crippen LogP contribution in [-0.2, 0) is 4.79 Å². The Morgan fingerprint density at radius 2 is 2.04 bits per heavy atom. The van der Waals surface area contributed by atoms with Crippen LogP contribution < -0.4 is 5.32 Å². The number of nitrogens with zero attached hydrogens (tertiary/aromatic N) is 2. The highest BCUT2D eigenvalue weighted by atomic mass is 32.1. The third-order valence-corrected chi connectivity index (χ3v) is 4.70. The molecule has 1 amide bonds. The fourth-order valence-electron chi connectivity index (χ4n) is 2.72. The van der Waals surface area contributed by atoms with E-state index in [0.717, 1.165) is 22.4 Å². The molecule has 2 aromatic heterocycles. The molecule has 1 aromatic carbocycles. The summed E-state index contributed by atoms with van der Waals surface area (Å²) in [5, 5.41) is 14.7. The molecule has 0 saturated heterocycles. The standard InChI is InChI=1S/C20H17N3O2S/c1-12-7-13(2)18(14(3)8-12)23-19(24)15(10-21)9-16-11-26-20(22-16)17-5-4-6-25-17/h4-9,11H,1-3H3,(H,23,24)/b15-9-. The Morgan fingerprint density at radius 3 is 2.65 bits per heavy atom. The number of rotatable bonds is 4. The Morgan fingerprint density at radius 1 is 1.31 bits per heavy atom. The van der Waals surface area contributed by atoms with E-state index in [1.54, 1.807) is 17.7 Å². The van der Waals surface area contributed by atoms with Crippen LogP contribution in [0.1, 0.15) is 22.4 Å². The summed E-state index contributed by atoms with van der Waals surface area (Å²) in [6.45, 7) is 5.87. The molecule has 0 aliphatic carbocycles. The summed E-state index contributed by atoms with van der Waals surface area (Å²) in [6, 6.07) is 9.54. The highest BCUT2D eigenvalue weighted by Crippen LogP contribution is 2.26. The van der Waals surface area contributed by atoms with E-state index in [2.05, 4.69) is 10.3 Å². The van der Waals surface area contributed by atoms with E-state index in [1.807, 2.05) is 45.0 Å². The predicted molar refractivity (Wildman–Crippen MR) is 103 cm³/mol. The molecular formula is C20H17N3O2S. The number of aryl methyl sites for hydroxylation is 3. The second-order valence-corrected chi connectivity index (χ2v) is 6.81. The van der Waals surface area contributed by atoms with E-state index < -0.39 is 5.91 Å². The number of nitriles is 1. The third-order valence-electron chi connectivity index (χ3n) is 3.83. The zero-order chi connectivity index (χ0) is 18.7. The molecule has 0 spiro atoms. The lowest BCUT2D eigenvalue weighted by molar-refractivity contribution is -0.112. The molecule has 3 rings (SSSR count). The molecule has 0 saturated carbocycles. The van der Waals surface area contributed by atoms with Crippen molar-refractivity contribution in [2.24, 2.45) is 0 Å². The molecule has 5 nitrogen and oxygen atoms in total. The van der Waals surface area contributed by atoms with Gasteiger partial charge in [0.1, 0.15) is 11.6 Å². The minimum Gasteiger partial charge on any atom is -0.462 e. The van der Waals surface area contributed by atoms with E-state index in [1.165, 1.54) is 17.4 Å². The average Bonchev–Trinajstić information content (AvgIpc) is 3.26. The quantitative estimate of drug-likeness (QED) is 0.529. The SMILES string of the molecule is Cc1cc(C)c(NC(=O)/C(C#N)=C\c2csc(-c3ccco3)n2)c(C)c1. The first kappa shape index (κ1) is 17.6. The molecule has 0 radical (unpaired) electrons. The van der Waals surface area contributed by atoms with Gasteiger partial charge < -0.3 is 9.73 Å². The van der Waals surface area contributed by atoms with Gasteiger partial charge in [0.25, 0.3) is 5.91 Å². The third kappa shape index (κ3) is 3.73. The number of hydrogen-bond acceptors (Lipinski definition) is 5. The van der Waals surface area contributed by atoms with E-state index in [9.17, 15) is 10.1 Å². The maximum Gasteiger partial charge on any atom is 0.266 e. The lowest BCUT2D eigenvalue weighted by atomic mass is 10.0. The summed E-state index contributed by atoms with van der Waals surface area (Å²) in [7, 11) is 0. The van der Waals surface area contributed by atoms with Crippen LogP contribution in [0.2, 0.25) is 0 Å².